The third kappa shape index (κ3) is 7.54. The normalized spacial score (nSPS) is 15.5. The van der Waals surface area contributed by atoms with E-state index in [9.17, 15) is 13.8 Å². The van der Waals surface area contributed by atoms with Crippen LogP contribution in [0.5, 0.6) is 0 Å². The topological polar surface area (TPSA) is 95.5 Å². The Morgan fingerprint density at radius 3 is 2.50 bits per heavy atom. The van der Waals surface area contributed by atoms with E-state index in [4.69, 9.17) is 5.11 Å². The predicted octanol–water partition coefficient (Wildman–Crippen LogP) is 0.259. The van der Waals surface area contributed by atoms with Crippen LogP contribution in [0.1, 0.15) is 13.3 Å². The van der Waals surface area contributed by atoms with Crippen molar-refractivity contribution in [2.75, 3.05) is 24.8 Å². The number of carboxylic acids is 1. The first-order valence-corrected chi connectivity index (χ1v) is 8.48. The molecule has 0 heterocycles. The first-order chi connectivity index (χ1) is 8.38. The lowest BCUT2D eigenvalue weighted by atomic mass is 10.2. The Labute approximate surface area is 114 Å². The summed E-state index contributed by atoms with van der Waals surface area (Å²) in [6, 6.07) is -1.43. The van der Waals surface area contributed by atoms with E-state index in [1.807, 2.05) is 6.26 Å². The summed E-state index contributed by atoms with van der Waals surface area (Å²) in [5.41, 5.74) is 0. The van der Waals surface area contributed by atoms with Crippen molar-refractivity contribution in [2.45, 2.75) is 24.6 Å². The van der Waals surface area contributed by atoms with Crippen molar-refractivity contribution in [3.05, 3.63) is 0 Å². The molecule has 6 nitrogen and oxygen atoms in total. The third-order valence-electron chi connectivity index (χ3n) is 2.33. The maximum absolute atomic E-state index is 11.5. The minimum atomic E-state index is -1.05. The zero-order valence-corrected chi connectivity index (χ0v) is 12.4. The Hall–Kier alpha value is -0.760. The monoisotopic (exact) mass is 296 g/mol. The number of hydrogen-bond donors (Lipinski definition) is 3. The Morgan fingerprint density at radius 1 is 1.44 bits per heavy atom. The van der Waals surface area contributed by atoms with Crippen molar-refractivity contribution in [1.82, 2.24) is 10.6 Å². The van der Waals surface area contributed by atoms with E-state index in [1.165, 1.54) is 11.8 Å². The zero-order chi connectivity index (χ0) is 14.1. The van der Waals surface area contributed by atoms with E-state index in [-0.39, 0.29) is 11.8 Å². The number of rotatable bonds is 8. The molecule has 18 heavy (non-hydrogen) atoms. The molecule has 3 atom stereocenters. The summed E-state index contributed by atoms with van der Waals surface area (Å²) in [6.07, 6.45) is 3.80. The van der Waals surface area contributed by atoms with Crippen LogP contribution in [0, 0.1) is 0 Å². The van der Waals surface area contributed by atoms with Gasteiger partial charge in [-0.15, -0.1) is 0 Å². The minimum Gasteiger partial charge on any atom is -0.480 e. The number of hydrogen-bond acceptors (Lipinski definition) is 4. The van der Waals surface area contributed by atoms with Crippen LogP contribution in [0.2, 0.25) is 0 Å². The van der Waals surface area contributed by atoms with E-state index in [0.717, 1.165) is 0 Å². The van der Waals surface area contributed by atoms with Gasteiger partial charge in [0.2, 0.25) is 0 Å². The van der Waals surface area contributed by atoms with Crippen LogP contribution in [0.4, 0.5) is 4.79 Å². The molecule has 8 heteroatoms. The van der Waals surface area contributed by atoms with Crippen LogP contribution in [0.15, 0.2) is 0 Å². The van der Waals surface area contributed by atoms with Gasteiger partial charge in [-0.1, -0.05) is 0 Å². The van der Waals surface area contributed by atoms with E-state index in [1.54, 1.807) is 13.2 Å². The number of thioether (sulfide) groups is 1. The molecule has 0 fully saturated rings. The van der Waals surface area contributed by atoms with Crippen LogP contribution in [-0.4, -0.2) is 57.4 Å². The highest BCUT2D eigenvalue weighted by Gasteiger charge is 2.19. The summed E-state index contributed by atoms with van der Waals surface area (Å²) in [5.74, 6) is -0.390. The van der Waals surface area contributed by atoms with Crippen LogP contribution in [0.25, 0.3) is 0 Å². The number of carbonyl (C=O) groups excluding carboxylic acids is 1. The van der Waals surface area contributed by atoms with E-state index >= 15 is 0 Å². The first-order valence-electron chi connectivity index (χ1n) is 5.46. The summed E-state index contributed by atoms with van der Waals surface area (Å²) in [5, 5.41) is 13.6. The Balaban J connectivity index is 4.09. The molecule has 0 aromatic carbocycles. The van der Waals surface area contributed by atoms with Gasteiger partial charge in [-0.3, -0.25) is 4.21 Å². The van der Waals surface area contributed by atoms with Crippen LogP contribution < -0.4 is 10.6 Å². The molecule has 0 spiro atoms. The number of aliphatic carboxylic acids is 1. The average molecular weight is 296 g/mol. The highest BCUT2D eigenvalue weighted by molar-refractivity contribution is 7.98. The minimum absolute atomic E-state index is 0.162. The molecule has 2 amide bonds. The van der Waals surface area contributed by atoms with Crippen LogP contribution in [0.3, 0.4) is 0 Å². The SMILES string of the molecule is CSCC[C@H](NC(=O)NCC(C)S(C)=O)C(=O)O. The lowest BCUT2D eigenvalue weighted by Gasteiger charge is -2.16. The van der Waals surface area contributed by atoms with Crippen molar-refractivity contribution in [3.63, 3.8) is 0 Å². The maximum atomic E-state index is 11.5. The lowest BCUT2D eigenvalue weighted by Crippen LogP contribution is -2.47. The van der Waals surface area contributed by atoms with Gasteiger partial charge >= 0.3 is 12.0 Å². The van der Waals surface area contributed by atoms with Crippen molar-refractivity contribution in [2.24, 2.45) is 0 Å². The largest absolute Gasteiger partial charge is 0.480 e. The highest BCUT2D eigenvalue weighted by atomic mass is 32.2. The second kappa shape index (κ2) is 9.21. The number of nitrogens with one attached hydrogen (secondary N) is 2. The maximum Gasteiger partial charge on any atom is 0.326 e. The third-order valence-corrected chi connectivity index (χ3v) is 4.27. The Morgan fingerprint density at radius 2 is 2.06 bits per heavy atom. The smallest absolute Gasteiger partial charge is 0.326 e. The second-order valence-electron chi connectivity index (χ2n) is 3.84. The Bertz CT molecular complexity index is 312. The molecule has 106 valence electrons. The van der Waals surface area contributed by atoms with Gasteiger partial charge in [0.25, 0.3) is 0 Å². The summed E-state index contributed by atoms with van der Waals surface area (Å²) in [7, 11) is -1.02. The summed E-state index contributed by atoms with van der Waals surface area (Å²) >= 11 is 1.52. The molecule has 0 saturated heterocycles. The van der Waals surface area contributed by atoms with Crippen molar-refractivity contribution < 1.29 is 18.9 Å². The van der Waals surface area contributed by atoms with Gasteiger partial charge in [-0.05, 0) is 25.4 Å². The molecular formula is C10H20N2O4S2. The van der Waals surface area contributed by atoms with Gasteiger partial charge in [0, 0.05) is 28.9 Å². The quantitative estimate of drug-likeness (QED) is 0.597. The fraction of sp³-hybridized carbons (Fsp3) is 0.800. The van der Waals surface area contributed by atoms with Crippen LogP contribution in [-0.2, 0) is 15.6 Å². The number of carboxylic acid groups (broad SMARTS) is 1. The summed E-state index contributed by atoms with van der Waals surface area (Å²) < 4.78 is 11.1. The highest BCUT2D eigenvalue weighted by Crippen LogP contribution is 2.01. The standard InChI is InChI=1S/C10H20N2O4S2/c1-7(18(3)16)6-11-10(15)12-8(9(13)14)4-5-17-2/h7-8H,4-6H2,1-3H3,(H,13,14)(H2,11,12,15)/t7?,8-,18?/m0/s1. The fourth-order valence-electron chi connectivity index (χ4n) is 1.06. The number of carbonyl (C=O) groups is 2. The van der Waals surface area contributed by atoms with Gasteiger partial charge in [0.1, 0.15) is 6.04 Å². The molecule has 0 aliphatic rings. The molecule has 0 saturated carbocycles. The van der Waals surface area contributed by atoms with Crippen molar-refractivity contribution in [3.8, 4) is 0 Å². The summed E-state index contributed by atoms with van der Waals surface area (Å²) in [4.78, 5) is 22.3. The van der Waals surface area contributed by atoms with E-state index in [0.29, 0.717) is 12.2 Å². The average Bonchev–Trinajstić information content (AvgIpc) is 2.30. The molecule has 0 rings (SSSR count). The van der Waals surface area contributed by atoms with Gasteiger partial charge < -0.3 is 15.7 Å². The van der Waals surface area contributed by atoms with Crippen molar-refractivity contribution >= 4 is 34.6 Å². The van der Waals surface area contributed by atoms with E-state index in [2.05, 4.69) is 10.6 Å². The zero-order valence-electron chi connectivity index (χ0n) is 10.8. The van der Waals surface area contributed by atoms with E-state index < -0.39 is 28.8 Å². The van der Waals surface area contributed by atoms with Gasteiger partial charge in [0.05, 0.1) is 0 Å². The molecule has 3 N–H and O–H groups in total. The molecule has 0 aromatic rings. The van der Waals surface area contributed by atoms with Crippen LogP contribution >= 0.6 is 11.8 Å². The molecule has 0 bridgehead atoms. The molecule has 0 radical (unpaired) electrons. The predicted molar refractivity (Wildman–Crippen MR) is 74.5 cm³/mol. The molecule has 0 aliphatic carbocycles. The van der Waals surface area contributed by atoms with Gasteiger partial charge in [0.15, 0.2) is 0 Å². The Kier molecular flexibility index (Phi) is 8.82. The number of urea groups is 1. The molecular weight excluding hydrogens is 276 g/mol. The van der Waals surface area contributed by atoms with Crippen molar-refractivity contribution in [1.29, 1.82) is 0 Å². The number of amides is 2. The van der Waals surface area contributed by atoms with Gasteiger partial charge in [-0.25, -0.2) is 9.59 Å². The lowest BCUT2D eigenvalue weighted by molar-refractivity contribution is -0.139. The first kappa shape index (κ1) is 17.2. The second-order valence-corrected chi connectivity index (χ2v) is 6.62. The molecule has 2 unspecified atom stereocenters. The molecule has 0 aromatic heterocycles. The summed E-state index contributed by atoms with van der Waals surface area (Å²) in [6.45, 7) is 2.00. The molecule has 0 aliphatic heterocycles. The fourth-order valence-corrected chi connectivity index (χ4v) is 1.85. The van der Waals surface area contributed by atoms with Gasteiger partial charge in [-0.2, -0.15) is 11.8 Å².